The Morgan fingerprint density at radius 1 is 0.882 bits per heavy atom. The first kappa shape index (κ1) is 23.2. The van der Waals surface area contributed by atoms with Crippen molar-refractivity contribution in [3.05, 3.63) is 89.5 Å². The van der Waals surface area contributed by atoms with Gasteiger partial charge in [-0.3, -0.25) is 9.59 Å². The van der Waals surface area contributed by atoms with Crippen molar-refractivity contribution >= 4 is 35.0 Å². The van der Waals surface area contributed by atoms with Gasteiger partial charge in [0.1, 0.15) is 5.25 Å². The van der Waals surface area contributed by atoms with Crippen molar-refractivity contribution in [3.63, 3.8) is 0 Å². The Hall–Kier alpha value is -3.98. The van der Waals surface area contributed by atoms with Crippen molar-refractivity contribution in [3.8, 4) is 5.69 Å². The third kappa shape index (κ3) is 5.68. The number of aromatic nitrogens is 4. The highest BCUT2D eigenvalue weighted by Gasteiger charge is 2.25. The number of carbonyl (C=O) groups excluding carboxylic acids is 2. The molecule has 9 heteroatoms. The molecule has 3 aromatic carbocycles. The highest BCUT2D eigenvalue weighted by molar-refractivity contribution is 8.00. The number of hydrogen-bond acceptors (Lipinski definition) is 6. The monoisotopic (exact) mass is 472 g/mol. The lowest BCUT2D eigenvalue weighted by Crippen LogP contribution is -2.19. The van der Waals surface area contributed by atoms with Gasteiger partial charge in [-0.15, -0.1) is 5.10 Å². The van der Waals surface area contributed by atoms with Gasteiger partial charge in [0, 0.05) is 18.3 Å². The summed E-state index contributed by atoms with van der Waals surface area (Å²) in [7, 11) is 0. The first-order valence-electron chi connectivity index (χ1n) is 10.7. The summed E-state index contributed by atoms with van der Waals surface area (Å²) < 4.78 is 1.55. The van der Waals surface area contributed by atoms with E-state index in [1.54, 1.807) is 22.9 Å². The molecule has 0 saturated carbocycles. The molecular weight excluding hydrogens is 448 g/mol. The van der Waals surface area contributed by atoms with Gasteiger partial charge in [0.2, 0.25) is 17.0 Å². The Kier molecular flexibility index (Phi) is 7.03. The molecule has 0 spiro atoms. The van der Waals surface area contributed by atoms with Crippen molar-refractivity contribution in [2.45, 2.75) is 31.2 Å². The number of aryl methyl sites for hydroxylation is 2. The first-order chi connectivity index (χ1) is 16.4. The highest BCUT2D eigenvalue weighted by Crippen LogP contribution is 2.36. The Morgan fingerprint density at radius 3 is 2.32 bits per heavy atom. The summed E-state index contributed by atoms with van der Waals surface area (Å²) in [6.45, 7) is 5.44. The summed E-state index contributed by atoms with van der Waals surface area (Å²) in [5.74, 6) is -0.349. The van der Waals surface area contributed by atoms with Crippen LogP contribution < -0.4 is 10.6 Å². The maximum atomic E-state index is 13.4. The number of nitrogens with zero attached hydrogens (tertiary/aromatic N) is 4. The van der Waals surface area contributed by atoms with Crippen LogP contribution in [0.3, 0.4) is 0 Å². The number of hydrogen-bond donors (Lipinski definition) is 2. The van der Waals surface area contributed by atoms with Crippen molar-refractivity contribution in [1.82, 2.24) is 20.2 Å². The van der Waals surface area contributed by atoms with Gasteiger partial charge in [-0.25, -0.2) is 0 Å². The predicted octanol–water partition coefficient (Wildman–Crippen LogP) is 4.71. The van der Waals surface area contributed by atoms with Gasteiger partial charge in [-0.2, -0.15) is 4.68 Å². The van der Waals surface area contributed by atoms with E-state index in [-0.39, 0.29) is 11.8 Å². The molecule has 0 aliphatic carbocycles. The molecule has 2 amide bonds. The van der Waals surface area contributed by atoms with Crippen molar-refractivity contribution in [2.24, 2.45) is 0 Å². The molecule has 4 rings (SSSR count). The molecule has 1 unspecified atom stereocenters. The van der Waals surface area contributed by atoms with Crippen LogP contribution >= 0.6 is 11.8 Å². The first-order valence-corrected chi connectivity index (χ1v) is 11.5. The molecule has 0 aliphatic heterocycles. The zero-order valence-corrected chi connectivity index (χ0v) is 19.8. The molecule has 1 atom stereocenters. The molecule has 172 valence electrons. The maximum Gasteiger partial charge on any atom is 0.242 e. The van der Waals surface area contributed by atoms with Crippen molar-refractivity contribution < 1.29 is 9.59 Å². The standard InChI is InChI=1S/C25H24N6O2S/c1-16-12-17(2)14-21(13-16)27-24(33)23(19-8-5-4-6-9-19)34-25-28-29-30-31(25)22-11-7-10-20(15-22)26-18(3)32/h4-15,23H,1-3H3,(H,26,32)(H,27,33). The van der Waals surface area contributed by atoms with E-state index in [4.69, 9.17) is 0 Å². The zero-order chi connectivity index (χ0) is 24.1. The third-order valence-corrected chi connectivity index (χ3v) is 6.09. The van der Waals surface area contributed by atoms with Crippen LogP contribution in [0.4, 0.5) is 11.4 Å². The molecule has 0 fully saturated rings. The van der Waals surface area contributed by atoms with Gasteiger partial charge in [-0.1, -0.05) is 54.2 Å². The third-order valence-electron chi connectivity index (χ3n) is 4.90. The summed E-state index contributed by atoms with van der Waals surface area (Å²) >= 11 is 1.25. The molecule has 8 nitrogen and oxygen atoms in total. The Morgan fingerprint density at radius 2 is 1.62 bits per heavy atom. The fourth-order valence-electron chi connectivity index (χ4n) is 3.59. The van der Waals surface area contributed by atoms with Crippen LogP contribution in [0.15, 0.2) is 78.0 Å². The average molecular weight is 473 g/mol. The topological polar surface area (TPSA) is 102 Å². The van der Waals surface area contributed by atoms with Crippen LogP contribution in [0.5, 0.6) is 0 Å². The van der Waals surface area contributed by atoms with Crippen LogP contribution in [0, 0.1) is 13.8 Å². The Labute approximate surface area is 201 Å². The number of anilines is 2. The predicted molar refractivity (Wildman–Crippen MR) is 133 cm³/mol. The molecule has 0 radical (unpaired) electrons. The van der Waals surface area contributed by atoms with Crippen LogP contribution in [-0.2, 0) is 9.59 Å². The van der Waals surface area contributed by atoms with Crippen LogP contribution in [0.2, 0.25) is 0 Å². The number of benzene rings is 3. The summed E-state index contributed by atoms with van der Waals surface area (Å²) in [5, 5.41) is 17.8. The van der Waals surface area contributed by atoms with E-state index in [1.165, 1.54) is 18.7 Å². The maximum absolute atomic E-state index is 13.4. The SMILES string of the molecule is CC(=O)Nc1cccc(-n2nnnc2SC(C(=O)Nc2cc(C)cc(C)c2)c2ccccc2)c1. The number of rotatable bonds is 7. The van der Waals surface area contributed by atoms with Crippen LogP contribution in [0.1, 0.15) is 28.9 Å². The number of thioether (sulfide) groups is 1. The Balaban J connectivity index is 1.64. The molecule has 2 N–H and O–H groups in total. The second-order valence-corrected chi connectivity index (χ2v) is 8.95. The number of amides is 2. The lowest BCUT2D eigenvalue weighted by molar-refractivity contribution is -0.116. The zero-order valence-electron chi connectivity index (χ0n) is 19.0. The second-order valence-electron chi connectivity index (χ2n) is 7.88. The molecule has 0 bridgehead atoms. The Bertz CT molecular complexity index is 1300. The van der Waals surface area contributed by atoms with E-state index < -0.39 is 5.25 Å². The van der Waals surface area contributed by atoms with E-state index in [0.29, 0.717) is 16.5 Å². The number of carbonyl (C=O) groups is 2. The van der Waals surface area contributed by atoms with Gasteiger partial charge < -0.3 is 10.6 Å². The highest BCUT2D eigenvalue weighted by atomic mass is 32.2. The van der Waals surface area contributed by atoms with E-state index in [1.807, 2.05) is 62.4 Å². The quantitative estimate of drug-likeness (QED) is 0.378. The number of tetrazole rings is 1. The minimum atomic E-state index is -0.592. The lowest BCUT2D eigenvalue weighted by atomic mass is 10.1. The van der Waals surface area contributed by atoms with Crippen LogP contribution in [-0.4, -0.2) is 32.0 Å². The fraction of sp³-hybridized carbons (Fsp3) is 0.160. The van der Waals surface area contributed by atoms with Crippen molar-refractivity contribution in [1.29, 1.82) is 0 Å². The van der Waals surface area contributed by atoms with Gasteiger partial charge in [-0.05, 0) is 71.3 Å². The molecule has 0 aliphatic rings. The summed E-state index contributed by atoms with van der Waals surface area (Å²) in [6.07, 6.45) is 0. The van der Waals surface area contributed by atoms with E-state index in [2.05, 4.69) is 32.2 Å². The van der Waals surface area contributed by atoms with Gasteiger partial charge in [0.05, 0.1) is 5.69 Å². The lowest BCUT2D eigenvalue weighted by Gasteiger charge is -2.17. The van der Waals surface area contributed by atoms with Gasteiger partial charge in [0.25, 0.3) is 0 Å². The minimum absolute atomic E-state index is 0.171. The second kappa shape index (κ2) is 10.3. The van der Waals surface area contributed by atoms with Crippen LogP contribution in [0.25, 0.3) is 5.69 Å². The fourth-order valence-corrected chi connectivity index (χ4v) is 4.59. The molecule has 1 heterocycles. The van der Waals surface area contributed by atoms with E-state index >= 15 is 0 Å². The van der Waals surface area contributed by atoms with E-state index in [0.717, 1.165) is 22.4 Å². The summed E-state index contributed by atoms with van der Waals surface area (Å²) in [5.41, 5.74) is 5.01. The van der Waals surface area contributed by atoms with Gasteiger partial charge in [0.15, 0.2) is 0 Å². The molecule has 4 aromatic rings. The molecule has 1 aromatic heterocycles. The van der Waals surface area contributed by atoms with E-state index in [9.17, 15) is 9.59 Å². The van der Waals surface area contributed by atoms with Gasteiger partial charge >= 0.3 is 0 Å². The minimum Gasteiger partial charge on any atom is -0.326 e. The van der Waals surface area contributed by atoms with Crippen molar-refractivity contribution in [2.75, 3.05) is 10.6 Å². The molecular formula is C25H24N6O2S. The largest absolute Gasteiger partial charge is 0.326 e. The molecule has 0 saturated heterocycles. The smallest absolute Gasteiger partial charge is 0.242 e. The summed E-state index contributed by atoms with van der Waals surface area (Å²) in [6, 6.07) is 22.6. The average Bonchev–Trinajstić information content (AvgIpc) is 3.25. The normalized spacial score (nSPS) is 11.6. The number of nitrogens with one attached hydrogen (secondary N) is 2. The molecule has 34 heavy (non-hydrogen) atoms. The summed E-state index contributed by atoms with van der Waals surface area (Å²) in [4.78, 5) is 24.9.